The molecule has 0 saturated heterocycles. The first-order valence-electron chi connectivity index (χ1n) is 5.32. The molecule has 3 heteroatoms. The first-order valence-corrected chi connectivity index (χ1v) is 5.32. The van der Waals surface area contributed by atoms with Crippen molar-refractivity contribution in [2.24, 2.45) is 5.92 Å². The van der Waals surface area contributed by atoms with Crippen LogP contribution in [0.4, 0.5) is 0 Å². The summed E-state index contributed by atoms with van der Waals surface area (Å²) >= 11 is 0. The lowest BCUT2D eigenvalue weighted by Gasteiger charge is -2.08. The number of hydrogen-bond acceptors (Lipinski definition) is 2. The zero-order valence-corrected chi connectivity index (χ0v) is 9.18. The van der Waals surface area contributed by atoms with Gasteiger partial charge in [-0.15, -0.1) is 0 Å². The van der Waals surface area contributed by atoms with Gasteiger partial charge >= 0.3 is 0 Å². The molecule has 0 aromatic carbocycles. The summed E-state index contributed by atoms with van der Waals surface area (Å²) in [6.07, 6.45) is 6.73. The molecular formula is C12H16N2O. The zero-order valence-electron chi connectivity index (χ0n) is 9.18. The lowest BCUT2D eigenvalue weighted by atomic mass is 10.1. The van der Waals surface area contributed by atoms with E-state index in [4.69, 9.17) is 4.74 Å². The predicted octanol–water partition coefficient (Wildman–Crippen LogP) is 2.76. The van der Waals surface area contributed by atoms with Crippen LogP contribution in [0.5, 0.6) is 5.88 Å². The van der Waals surface area contributed by atoms with Crippen LogP contribution in [0.2, 0.25) is 0 Å². The molecule has 0 fully saturated rings. The van der Waals surface area contributed by atoms with E-state index in [1.54, 1.807) is 6.20 Å². The van der Waals surface area contributed by atoms with Crippen molar-refractivity contribution in [3.05, 3.63) is 30.7 Å². The molecule has 2 aromatic heterocycles. The smallest absolute Gasteiger partial charge is 0.238 e. The van der Waals surface area contributed by atoms with Crippen LogP contribution >= 0.6 is 0 Å². The van der Waals surface area contributed by atoms with Crippen molar-refractivity contribution in [3.63, 3.8) is 0 Å². The Morgan fingerprint density at radius 3 is 3.07 bits per heavy atom. The van der Waals surface area contributed by atoms with E-state index in [0.717, 1.165) is 24.4 Å². The number of aromatic nitrogens is 2. The second-order valence-electron chi connectivity index (χ2n) is 4.06. The van der Waals surface area contributed by atoms with Crippen LogP contribution in [0.15, 0.2) is 30.7 Å². The van der Waals surface area contributed by atoms with Gasteiger partial charge in [0.15, 0.2) is 0 Å². The van der Waals surface area contributed by atoms with E-state index in [9.17, 15) is 0 Å². The summed E-state index contributed by atoms with van der Waals surface area (Å²) in [7, 11) is 0. The molecule has 2 heterocycles. The molecule has 0 N–H and O–H groups in total. The Morgan fingerprint density at radius 2 is 2.27 bits per heavy atom. The number of rotatable bonds is 4. The molecule has 0 spiro atoms. The highest BCUT2D eigenvalue weighted by Gasteiger charge is 2.03. The highest BCUT2D eigenvalue weighted by Crippen LogP contribution is 2.16. The van der Waals surface area contributed by atoms with Crippen molar-refractivity contribution in [1.29, 1.82) is 0 Å². The highest BCUT2D eigenvalue weighted by atomic mass is 16.5. The molecule has 0 aliphatic carbocycles. The van der Waals surface area contributed by atoms with Crippen molar-refractivity contribution in [1.82, 2.24) is 9.38 Å². The van der Waals surface area contributed by atoms with Gasteiger partial charge in [0.25, 0.3) is 0 Å². The van der Waals surface area contributed by atoms with Crippen LogP contribution < -0.4 is 4.74 Å². The largest absolute Gasteiger partial charge is 0.476 e. The number of hydrogen-bond donors (Lipinski definition) is 0. The van der Waals surface area contributed by atoms with Gasteiger partial charge in [-0.2, -0.15) is 0 Å². The molecule has 0 bridgehead atoms. The maximum atomic E-state index is 5.66. The minimum Gasteiger partial charge on any atom is -0.476 e. The van der Waals surface area contributed by atoms with Crippen molar-refractivity contribution in [3.8, 4) is 5.88 Å². The van der Waals surface area contributed by atoms with E-state index < -0.39 is 0 Å². The molecule has 0 saturated carbocycles. The molecule has 15 heavy (non-hydrogen) atoms. The van der Waals surface area contributed by atoms with Crippen LogP contribution in [-0.4, -0.2) is 16.0 Å². The molecule has 0 unspecified atom stereocenters. The SMILES string of the molecule is CC(C)CCOc1nccn2cccc12. The van der Waals surface area contributed by atoms with E-state index in [1.165, 1.54) is 0 Å². The zero-order chi connectivity index (χ0) is 10.7. The standard InChI is InChI=1S/C12H16N2O/c1-10(2)5-9-15-12-11-4-3-7-14(11)8-6-13-12/h3-4,6-8,10H,5,9H2,1-2H3. The lowest BCUT2D eigenvalue weighted by molar-refractivity contribution is 0.281. The molecular weight excluding hydrogens is 188 g/mol. The normalized spacial score (nSPS) is 11.1. The summed E-state index contributed by atoms with van der Waals surface area (Å²) in [6, 6.07) is 4.00. The number of nitrogens with zero attached hydrogens (tertiary/aromatic N) is 2. The minimum absolute atomic E-state index is 0.663. The van der Waals surface area contributed by atoms with Gasteiger partial charge in [0, 0.05) is 18.6 Å². The van der Waals surface area contributed by atoms with Gasteiger partial charge in [-0.3, -0.25) is 0 Å². The van der Waals surface area contributed by atoms with Gasteiger partial charge in [-0.05, 0) is 24.5 Å². The Labute approximate surface area is 89.7 Å². The van der Waals surface area contributed by atoms with Gasteiger partial charge < -0.3 is 9.14 Å². The van der Waals surface area contributed by atoms with E-state index in [1.807, 2.05) is 28.9 Å². The Balaban J connectivity index is 2.10. The van der Waals surface area contributed by atoms with E-state index in [2.05, 4.69) is 18.8 Å². The van der Waals surface area contributed by atoms with E-state index in [-0.39, 0.29) is 0 Å². The molecule has 0 atom stereocenters. The van der Waals surface area contributed by atoms with Crippen LogP contribution in [0, 0.1) is 5.92 Å². The monoisotopic (exact) mass is 204 g/mol. The first kappa shape index (κ1) is 10.0. The molecule has 2 aromatic rings. The average Bonchev–Trinajstić information content (AvgIpc) is 2.65. The topological polar surface area (TPSA) is 26.5 Å². The molecule has 80 valence electrons. The van der Waals surface area contributed by atoms with Gasteiger partial charge in [0.1, 0.15) is 5.52 Å². The second-order valence-corrected chi connectivity index (χ2v) is 4.06. The molecule has 2 rings (SSSR count). The van der Waals surface area contributed by atoms with Crippen molar-refractivity contribution < 1.29 is 4.74 Å². The number of ether oxygens (including phenoxy) is 1. The molecule has 0 radical (unpaired) electrons. The molecule has 3 nitrogen and oxygen atoms in total. The quantitative estimate of drug-likeness (QED) is 0.765. The van der Waals surface area contributed by atoms with Crippen molar-refractivity contribution in [2.45, 2.75) is 20.3 Å². The first-order chi connectivity index (χ1) is 7.27. The fourth-order valence-corrected chi connectivity index (χ4v) is 1.45. The third-order valence-corrected chi connectivity index (χ3v) is 2.35. The molecule has 0 amide bonds. The van der Waals surface area contributed by atoms with Crippen LogP contribution in [0.1, 0.15) is 20.3 Å². The fraction of sp³-hybridized carbons (Fsp3) is 0.417. The maximum absolute atomic E-state index is 5.66. The summed E-state index contributed by atoms with van der Waals surface area (Å²) < 4.78 is 7.67. The van der Waals surface area contributed by atoms with Crippen molar-refractivity contribution >= 4 is 5.52 Å². The van der Waals surface area contributed by atoms with Gasteiger partial charge in [0.05, 0.1) is 6.61 Å². The third-order valence-electron chi connectivity index (χ3n) is 2.35. The summed E-state index contributed by atoms with van der Waals surface area (Å²) in [5.41, 5.74) is 1.03. The van der Waals surface area contributed by atoms with Crippen LogP contribution in [-0.2, 0) is 0 Å². The highest BCUT2D eigenvalue weighted by molar-refractivity contribution is 5.56. The Hall–Kier alpha value is -1.51. The lowest BCUT2D eigenvalue weighted by Crippen LogP contribution is -2.03. The summed E-state index contributed by atoms with van der Waals surface area (Å²) in [5, 5.41) is 0. The van der Waals surface area contributed by atoms with Gasteiger partial charge in [-0.25, -0.2) is 4.98 Å². The summed E-state index contributed by atoms with van der Waals surface area (Å²) in [6.45, 7) is 5.11. The Kier molecular flexibility index (Phi) is 2.90. The maximum Gasteiger partial charge on any atom is 0.238 e. The third kappa shape index (κ3) is 2.29. The second kappa shape index (κ2) is 4.34. The molecule has 0 aliphatic heterocycles. The minimum atomic E-state index is 0.663. The molecule has 0 aliphatic rings. The predicted molar refractivity (Wildman–Crippen MR) is 60.1 cm³/mol. The van der Waals surface area contributed by atoms with Crippen LogP contribution in [0.3, 0.4) is 0 Å². The van der Waals surface area contributed by atoms with Crippen molar-refractivity contribution in [2.75, 3.05) is 6.61 Å². The average molecular weight is 204 g/mol. The van der Waals surface area contributed by atoms with E-state index in [0.29, 0.717) is 5.92 Å². The summed E-state index contributed by atoms with van der Waals surface area (Å²) in [4.78, 5) is 4.23. The van der Waals surface area contributed by atoms with E-state index >= 15 is 0 Å². The van der Waals surface area contributed by atoms with Gasteiger partial charge in [-0.1, -0.05) is 13.8 Å². The fourth-order valence-electron chi connectivity index (χ4n) is 1.45. The number of fused-ring (bicyclic) bond motifs is 1. The van der Waals surface area contributed by atoms with Crippen LogP contribution in [0.25, 0.3) is 5.52 Å². The van der Waals surface area contributed by atoms with Gasteiger partial charge in [0.2, 0.25) is 5.88 Å². The Bertz CT molecular complexity index is 434. The summed E-state index contributed by atoms with van der Waals surface area (Å²) in [5.74, 6) is 1.39. The Morgan fingerprint density at radius 1 is 1.40 bits per heavy atom.